The van der Waals surface area contributed by atoms with Crippen LogP contribution in [0, 0.1) is 23.1 Å². The highest BCUT2D eigenvalue weighted by Crippen LogP contribution is 2.55. The van der Waals surface area contributed by atoms with Crippen molar-refractivity contribution >= 4 is 5.97 Å². The number of aliphatic carboxylic acids is 1. The number of aryl methyl sites for hydroxylation is 1. The fourth-order valence-electron chi connectivity index (χ4n) is 7.87. The minimum atomic E-state index is -0.844. The molecule has 0 saturated heterocycles. The van der Waals surface area contributed by atoms with E-state index in [4.69, 9.17) is 0 Å². The third-order valence-corrected chi connectivity index (χ3v) is 10.1. The van der Waals surface area contributed by atoms with Crippen molar-refractivity contribution in [2.75, 3.05) is 0 Å². The lowest BCUT2D eigenvalue weighted by atomic mass is 9.56. The Kier molecular flexibility index (Phi) is 13.7. The van der Waals surface area contributed by atoms with E-state index in [1.165, 1.54) is 64.2 Å². The number of carboxylic acids is 1. The molecule has 38 heavy (non-hydrogen) atoms. The van der Waals surface area contributed by atoms with Gasteiger partial charge in [-0.2, -0.15) is 0 Å². The van der Waals surface area contributed by atoms with E-state index < -0.39 is 11.4 Å². The fourth-order valence-corrected chi connectivity index (χ4v) is 7.87. The molecule has 0 radical (unpaired) electrons. The molecule has 2 aliphatic carbocycles. The van der Waals surface area contributed by atoms with Crippen LogP contribution in [-0.4, -0.2) is 11.1 Å². The van der Waals surface area contributed by atoms with Gasteiger partial charge < -0.3 is 5.11 Å². The Balaban J connectivity index is 1.95. The Morgan fingerprint density at radius 3 is 2.21 bits per heavy atom. The van der Waals surface area contributed by atoms with E-state index in [-0.39, 0.29) is 17.7 Å². The quantitative estimate of drug-likeness (QED) is 0.258. The first-order valence-corrected chi connectivity index (χ1v) is 16.5. The van der Waals surface area contributed by atoms with E-state index in [1.54, 1.807) is 6.07 Å². The highest BCUT2D eigenvalue weighted by atomic mass is 19.1. The number of hydrogen-bond donors (Lipinski definition) is 1. The molecular formula is C35H57FO2. The van der Waals surface area contributed by atoms with Gasteiger partial charge in [-0.25, -0.2) is 4.39 Å². The van der Waals surface area contributed by atoms with E-state index in [9.17, 15) is 9.90 Å². The summed E-state index contributed by atoms with van der Waals surface area (Å²) in [6, 6.07) is 5.88. The Bertz CT molecular complexity index is 812. The number of carboxylic acid groups (broad SMARTS) is 1. The zero-order valence-corrected chi connectivity index (χ0v) is 24.8. The molecule has 2 saturated carbocycles. The van der Waals surface area contributed by atoms with Crippen LogP contribution in [0.5, 0.6) is 0 Å². The molecule has 3 unspecified atom stereocenters. The van der Waals surface area contributed by atoms with Gasteiger partial charge in [0.25, 0.3) is 0 Å². The molecule has 1 N–H and O–H groups in total. The lowest BCUT2D eigenvalue weighted by Crippen LogP contribution is -2.46. The highest BCUT2D eigenvalue weighted by molar-refractivity contribution is 5.77. The molecule has 0 bridgehead atoms. The Morgan fingerprint density at radius 1 is 0.868 bits per heavy atom. The van der Waals surface area contributed by atoms with Gasteiger partial charge >= 0.3 is 5.97 Å². The summed E-state index contributed by atoms with van der Waals surface area (Å²) in [5.74, 6) is -0.379. The molecule has 3 rings (SSSR count). The zero-order valence-electron chi connectivity index (χ0n) is 24.8. The van der Waals surface area contributed by atoms with E-state index in [1.807, 2.05) is 6.07 Å². The fraction of sp³-hybridized carbons (Fsp3) is 0.800. The Hall–Kier alpha value is -1.38. The van der Waals surface area contributed by atoms with Gasteiger partial charge in [0.2, 0.25) is 0 Å². The third-order valence-electron chi connectivity index (χ3n) is 10.1. The molecule has 2 aliphatic rings. The number of carbonyl (C=O) groups is 1. The predicted molar refractivity (Wildman–Crippen MR) is 158 cm³/mol. The number of benzene rings is 1. The van der Waals surface area contributed by atoms with E-state index in [0.717, 1.165) is 76.2 Å². The maximum Gasteiger partial charge on any atom is 0.310 e. The summed E-state index contributed by atoms with van der Waals surface area (Å²) in [6.45, 7) is 4.47. The summed E-state index contributed by atoms with van der Waals surface area (Å²) < 4.78 is 16.1. The van der Waals surface area contributed by atoms with Crippen molar-refractivity contribution in [3.8, 4) is 0 Å². The summed E-state index contributed by atoms with van der Waals surface area (Å²) in [7, 11) is 0. The highest BCUT2D eigenvalue weighted by Gasteiger charge is 2.52. The van der Waals surface area contributed by atoms with E-state index in [2.05, 4.69) is 19.9 Å². The molecular weight excluding hydrogens is 471 g/mol. The van der Waals surface area contributed by atoms with Crippen molar-refractivity contribution in [1.29, 1.82) is 0 Å². The summed E-state index contributed by atoms with van der Waals surface area (Å²) in [5, 5.41) is 11.1. The summed E-state index contributed by atoms with van der Waals surface area (Å²) in [6.07, 6.45) is 24.4. The van der Waals surface area contributed by atoms with Gasteiger partial charge in [0.05, 0.1) is 5.41 Å². The molecule has 2 fully saturated rings. The van der Waals surface area contributed by atoms with Crippen LogP contribution in [0.1, 0.15) is 166 Å². The average molecular weight is 529 g/mol. The minimum absolute atomic E-state index is 0.148. The molecule has 2 nitrogen and oxygen atoms in total. The average Bonchev–Trinajstić information content (AvgIpc) is 2.86. The molecule has 0 aliphatic heterocycles. The second kappa shape index (κ2) is 16.7. The Morgan fingerprint density at radius 2 is 1.53 bits per heavy atom. The van der Waals surface area contributed by atoms with Gasteiger partial charge in [0.15, 0.2) is 0 Å². The Labute approximate surface area is 233 Å². The van der Waals surface area contributed by atoms with Crippen molar-refractivity contribution in [2.45, 2.75) is 161 Å². The molecule has 0 aromatic heterocycles. The lowest BCUT2D eigenvalue weighted by molar-refractivity contribution is -0.157. The van der Waals surface area contributed by atoms with E-state index in [0.29, 0.717) is 17.9 Å². The molecule has 3 heteroatoms. The van der Waals surface area contributed by atoms with Crippen molar-refractivity contribution < 1.29 is 14.3 Å². The van der Waals surface area contributed by atoms with Crippen molar-refractivity contribution in [1.82, 2.24) is 0 Å². The van der Waals surface area contributed by atoms with Gasteiger partial charge in [-0.1, -0.05) is 129 Å². The molecule has 1 aromatic carbocycles. The normalized spacial score (nSPS) is 25.8. The summed E-state index contributed by atoms with van der Waals surface area (Å²) in [4.78, 5) is 13.5. The number of hydrogen-bond acceptors (Lipinski definition) is 1. The molecule has 0 amide bonds. The van der Waals surface area contributed by atoms with Crippen LogP contribution in [0.25, 0.3) is 0 Å². The van der Waals surface area contributed by atoms with E-state index >= 15 is 4.39 Å². The first-order chi connectivity index (χ1) is 18.5. The van der Waals surface area contributed by atoms with Crippen molar-refractivity contribution in [3.63, 3.8) is 0 Å². The molecule has 1 aromatic rings. The lowest BCUT2D eigenvalue weighted by Gasteiger charge is -2.47. The standard InChI is InChI=1S/C35H57FO2/c1-3-5-7-9-13-19-29-23-24-31(33(36)27-29)32-26-28(18-12-6-4-2)20-16-17-25-35(32,34(37)38)30-21-14-10-8-11-15-22-30/h23-24,27-28,30,32H,3-22,25-26H2,1-2H3,(H,37,38). The van der Waals surface area contributed by atoms with Crippen LogP contribution < -0.4 is 0 Å². The number of unbranched alkanes of at least 4 members (excludes halogenated alkanes) is 6. The molecule has 0 heterocycles. The maximum absolute atomic E-state index is 16.1. The predicted octanol–water partition coefficient (Wildman–Crippen LogP) is 11.0. The van der Waals surface area contributed by atoms with Crippen LogP contribution >= 0.6 is 0 Å². The summed E-state index contributed by atoms with van der Waals surface area (Å²) in [5.41, 5.74) is 0.926. The van der Waals surface area contributed by atoms with Crippen molar-refractivity contribution in [3.05, 3.63) is 35.1 Å². The van der Waals surface area contributed by atoms with Crippen molar-refractivity contribution in [2.24, 2.45) is 17.3 Å². The SMILES string of the molecule is CCCCCCCc1ccc(C2CC(CCCCC)CCCCC2(C(=O)O)C2CCCCCCC2)c(F)c1. The minimum Gasteiger partial charge on any atom is -0.481 e. The van der Waals surface area contributed by atoms with Gasteiger partial charge in [-0.3, -0.25) is 4.79 Å². The van der Waals surface area contributed by atoms with Crippen LogP contribution in [0.15, 0.2) is 18.2 Å². The third kappa shape index (κ3) is 8.56. The van der Waals surface area contributed by atoms with Gasteiger partial charge in [0, 0.05) is 5.92 Å². The number of rotatable bonds is 13. The first kappa shape index (κ1) is 31.2. The topological polar surface area (TPSA) is 37.3 Å². The monoisotopic (exact) mass is 528 g/mol. The smallest absolute Gasteiger partial charge is 0.310 e. The molecule has 216 valence electrons. The molecule has 3 atom stereocenters. The second-order valence-electron chi connectivity index (χ2n) is 12.8. The van der Waals surface area contributed by atoms with Crippen LogP contribution in [-0.2, 0) is 11.2 Å². The largest absolute Gasteiger partial charge is 0.481 e. The zero-order chi connectivity index (χ0) is 27.2. The van der Waals surface area contributed by atoms with Gasteiger partial charge in [-0.05, 0) is 67.6 Å². The summed E-state index contributed by atoms with van der Waals surface area (Å²) >= 11 is 0. The number of halogens is 1. The molecule has 0 spiro atoms. The van der Waals surface area contributed by atoms with Gasteiger partial charge in [0.1, 0.15) is 5.82 Å². The van der Waals surface area contributed by atoms with Crippen LogP contribution in [0.4, 0.5) is 4.39 Å². The van der Waals surface area contributed by atoms with Crippen LogP contribution in [0.2, 0.25) is 0 Å². The maximum atomic E-state index is 16.1. The van der Waals surface area contributed by atoms with Crippen LogP contribution in [0.3, 0.4) is 0 Å². The van der Waals surface area contributed by atoms with Gasteiger partial charge in [-0.15, -0.1) is 0 Å². The second-order valence-corrected chi connectivity index (χ2v) is 12.8. The first-order valence-electron chi connectivity index (χ1n) is 16.5.